The van der Waals surface area contributed by atoms with Crippen molar-refractivity contribution < 1.29 is 4.48 Å². The van der Waals surface area contributed by atoms with E-state index in [-0.39, 0.29) is 5.82 Å². The van der Waals surface area contributed by atoms with Gasteiger partial charge in [0.05, 0.1) is 0 Å². The zero-order chi connectivity index (χ0) is 6.53. The van der Waals surface area contributed by atoms with Gasteiger partial charge < -0.3 is 0 Å². The summed E-state index contributed by atoms with van der Waals surface area (Å²) >= 11 is 0. The number of hydrogen-bond acceptors (Lipinski definition) is 3. The van der Waals surface area contributed by atoms with Gasteiger partial charge in [-0.2, -0.15) is 0 Å². The van der Waals surface area contributed by atoms with Crippen LogP contribution in [0.15, 0.2) is 34.8 Å². The maximum absolute atomic E-state index is 11.1. The van der Waals surface area contributed by atoms with Crippen LogP contribution in [0.3, 0.4) is 0 Å². The number of halogens is 1. The number of rotatable bonds is 1. The van der Waals surface area contributed by atoms with E-state index < -0.39 is 0 Å². The normalized spacial score (nSPS) is 10.3. The van der Waals surface area contributed by atoms with Crippen LogP contribution in [0.1, 0.15) is 0 Å². The average Bonchev–Trinajstić information content (AvgIpc) is 1.91. The van der Waals surface area contributed by atoms with Crippen molar-refractivity contribution in [2.24, 2.45) is 10.5 Å². The van der Waals surface area contributed by atoms with Crippen LogP contribution < -0.4 is 0 Å². The van der Waals surface area contributed by atoms with E-state index in [2.05, 4.69) is 15.4 Å². The highest BCUT2D eigenvalue weighted by atomic mass is 19.2. The molecule has 1 aromatic heterocycles. The number of nitrogens with zero attached hydrogens (tertiary/aromatic N) is 3. The molecule has 0 N–H and O–H groups in total. The summed E-state index contributed by atoms with van der Waals surface area (Å²) in [6.07, 6.45) is 1.52. The van der Waals surface area contributed by atoms with Crippen LogP contribution in [0.2, 0.25) is 0 Å². The molecular weight excluding hydrogens is 121 g/mol. The maximum Gasteiger partial charge on any atom is 0.176 e. The molecule has 9 heavy (non-hydrogen) atoms. The van der Waals surface area contributed by atoms with Crippen LogP contribution in [0.25, 0.3) is 0 Å². The van der Waals surface area contributed by atoms with Crippen molar-refractivity contribution in [3.8, 4) is 0 Å². The van der Waals surface area contributed by atoms with Gasteiger partial charge in [0.15, 0.2) is 5.82 Å². The van der Waals surface area contributed by atoms with Gasteiger partial charge in [0.2, 0.25) is 0 Å². The molecule has 3 nitrogen and oxygen atoms in total. The summed E-state index contributed by atoms with van der Waals surface area (Å²) in [4.78, 5) is 3.67. The second-order valence-corrected chi connectivity index (χ2v) is 1.36. The topological polar surface area (TPSA) is 37.6 Å². The molecule has 1 rings (SSSR count). The summed E-state index contributed by atoms with van der Waals surface area (Å²) in [6, 6.07) is 4.98. The lowest BCUT2D eigenvalue weighted by atomic mass is 10.5. The lowest BCUT2D eigenvalue weighted by Crippen LogP contribution is -1.66. The average molecular weight is 125 g/mol. The van der Waals surface area contributed by atoms with E-state index in [1.54, 1.807) is 18.2 Å². The third kappa shape index (κ3) is 1.56. The summed E-state index contributed by atoms with van der Waals surface area (Å²) in [6.45, 7) is 0. The fourth-order valence-electron chi connectivity index (χ4n) is 0.452. The Hall–Kier alpha value is -1.32. The lowest BCUT2D eigenvalue weighted by Gasteiger charge is -1.82. The first-order valence-electron chi connectivity index (χ1n) is 2.36. The molecule has 0 atom stereocenters. The third-order valence-corrected chi connectivity index (χ3v) is 0.790. The van der Waals surface area contributed by atoms with Gasteiger partial charge in [-0.1, -0.05) is 10.5 Å². The minimum absolute atomic E-state index is 0.278. The van der Waals surface area contributed by atoms with Crippen LogP contribution in [-0.2, 0) is 0 Å². The SMILES string of the molecule is FN=Nc1ccccn1. The van der Waals surface area contributed by atoms with Crippen molar-refractivity contribution in [3.05, 3.63) is 24.4 Å². The highest BCUT2D eigenvalue weighted by Crippen LogP contribution is 2.04. The van der Waals surface area contributed by atoms with Crippen molar-refractivity contribution in [1.29, 1.82) is 0 Å². The Morgan fingerprint density at radius 2 is 2.33 bits per heavy atom. The van der Waals surface area contributed by atoms with Crippen LogP contribution >= 0.6 is 0 Å². The number of hydrogen-bond donors (Lipinski definition) is 0. The minimum atomic E-state index is 0.278. The molecule has 0 amide bonds. The molecule has 46 valence electrons. The lowest BCUT2D eigenvalue weighted by molar-refractivity contribution is 0.492. The van der Waals surface area contributed by atoms with E-state index in [1.165, 1.54) is 6.20 Å². The van der Waals surface area contributed by atoms with Gasteiger partial charge in [0.25, 0.3) is 0 Å². The minimum Gasteiger partial charge on any atom is -0.236 e. The molecule has 0 spiro atoms. The Kier molecular flexibility index (Phi) is 1.85. The van der Waals surface area contributed by atoms with Crippen molar-refractivity contribution in [1.82, 2.24) is 4.98 Å². The first kappa shape index (κ1) is 5.81. The van der Waals surface area contributed by atoms with E-state index in [1.807, 2.05) is 0 Å². The summed E-state index contributed by atoms with van der Waals surface area (Å²) in [5.41, 5.74) is 0. The van der Waals surface area contributed by atoms with Crippen LogP contribution in [0.5, 0.6) is 0 Å². The Labute approximate surface area is 51.2 Å². The smallest absolute Gasteiger partial charge is 0.176 e. The van der Waals surface area contributed by atoms with Gasteiger partial charge in [-0.3, -0.25) is 0 Å². The van der Waals surface area contributed by atoms with E-state index in [0.717, 1.165) is 0 Å². The molecule has 0 aliphatic heterocycles. The van der Waals surface area contributed by atoms with Crippen molar-refractivity contribution in [2.45, 2.75) is 0 Å². The van der Waals surface area contributed by atoms with Gasteiger partial charge >= 0.3 is 0 Å². The first-order valence-corrected chi connectivity index (χ1v) is 2.36. The maximum atomic E-state index is 11.1. The fourth-order valence-corrected chi connectivity index (χ4v) is 0.452. The summed E-state index contributed by atoms with van der Waals surface area (Å²) in [5.74, 6) is 0.278. The second-order valence-electron chi connectivity index (χ2n) is 1.36. The Morgan fingerprint density at radius 1 is 1.44 bits per heavy atom. The van der Waals surface area contributed by atoms with Crippen LogP contribution in [-0.4, -0.2) is 4.98 Å². The molecule has 0 fully saturated rings. The predicted molar refractivity (Wildman–Crippen MR) is 29.9 cm³/mol. The molecule has 0 bridgehead atoms. The molecule has 1 heterocycles. The van der Waals surface area contributed by atoms with Gasteiger partial charge in [0.1, 0.15) is 0 Å². The molecule has 0 unspecified atom stereocenters. The van der Waals surface area contributed by atoms with Crippen LogP contribution in [0, 0.1) is 0 Å². The standard InChI is InChI=1S/C5H4FN3/c6-9-8-5-3-1-2-4-7-5/h1-4H. The van der Waals surface area contributed by atoms with E-state index in [4.69, 9.17) is 0 Å². The summed E-state index contributed by atoms with van der Waals surface area (Å²) in [5, 5.41) is 5.12. The molecular formula is C5H4FN3. The quantitative estimate of drug-likeness (QED) is 0.529. The fraction of sp³-hybridized carbons (Fsp3) is 0. The molecule has 0 aliphatic rings. The molecule has 0 aromatic carbocycles. The molecule has 0 aliphatic carbocycles. The van der Waals surface area contributed by atoms with Gasteiger partial charge in [0, 0.05) is 11.5 Å². The zero-order valence-electron chi connectivity index (χ0n) is 4.53. The first-order chi connectivity index (χ1) is 4.43. The van der Waals surface area contributed by atoms with E-state index in [0.29, 0.717) is 0 Å². The number of pyridine rings is 1. The Bertz CT molecular complexity index is 197. The van der Waals surface area contributed by atoms with Gasteiger partial charge in [-0.25, -0.2) is 4.98 Å². The van der Waals surface area contributed by atoms with Crippen molar-refractivity contribution in [3.63, 3.8) is 0 Å². The molecule has 0 saturated carbocycles. The summed E-state index contributed by atoms with van der Waals surface area (Å²) in [7, 11) is 0. The molecule has 0 saturated heterocycles. The van der Waals surface area contributed by atoms with E-state index in [9.17, 15) is 4.48 Å². The van der Waals surface area contributed by atoms with Crippen molar-refractivity contribution in [2.75, 3.05) is 0 Å². The zero-order valence-corrected chi connectivity index (χ0v) is 4.53. The second kappa shape index (κ2) is 2.86. The van der Waals surface area contributed by atoms with E-state index >= 15 is 0 Å². The third-order valence-electron chi connectivity index (χ3n) is 0.790. The Balaban J connectivity index is 2.85. The Morgan fingerprint density at radius 3 is 2.89 bits per heavy atom. The van der Waals surface area contributed by atoms with Gasteiger partial charge in [-0.15, -0.1) is 5.11 Å². The highest BCUT2D eigenvalue weighted by molar-refractivity contribution is 5.23. The summed E-state index contributed by atoms with van der Waals surface area (Å²) < 4.78 is 11.1. The van der Waals surface area contributed by atoms with Crippen LogP contribution in [0.4, 0.5) is 10.3 Å². The number of aromatic nitrogens is 1. The van der Waals surface area contributed by atoms with Crippen molar-refractivity contribution >= 4 is 5.82 Å². The monoisotopic (exact) mass is 125 g/mol. The highest BCUT2D eigenvalue weighted by Gasteiger charge is 1.83. The van der Waals surface area contributed by atoms with Gasteiger partial charge in [-0.05, 0) is 12.1 Å². The molecule has 4 heteroatoms. The molecule has 0 radical (unpaired) electrons. The molecule has 1 aromatic rings. The predicted octanol–water partition coefficient (Wildman–Crippen LogP) is 2.05. The largest absolute Gasteiger partial charge is 0.236 e.